The van der Waals surface area contributed by atoms with Crippen LogP contribution in [0.3, 0.4) is 0 Å². The van der Waals surface area contributed by atoms with Gasteiger partial charge in [0.05, 0.1) is 5.39 Å². The molecule has 0 aliphatic rings. The van der Waals surface area contributed by atoms with Gasteiger partial charge < -0.3 is 11.1 Å². The molecule has 144 valence electrons. The van der Waals surface area contributed by atoms with E-state index in [0.29, 0.717) is 11.1 Å². The van der Waals surface area contributed by atoms with E-state index in [2.05, 4.69) is 15.4 Å². The van der Waals surface area contributed by atoms with E-state index < -0.39 is 17.4 Å². The fraction of sp³-hybridized carbons (Fsp3) is 0.0500. The van der Waals surface area contributed by atoms with Gasteiger partial charge in [0.15, 0.2) is 5.69 Å². The Bertz CT molecular complexity index is 1260. The maximum Gasteiger partial charge on any atom is 0.275 e. The first-order valence-corrected chi connectivity index (χ1v) is 9.50. The van der Waals surface area contributed by atoms with Crippen molar-refractivity contribution in [3.05, 3.63) is 76.2 Å². The molecule has 9 heteroatoms. The summed E-state index contributed by atoms with van der Waals surface area (Å²) in [6.45, 7) is -0.349. The molecule has 2 aromatic carbocycles. The molecule has 0 aliphatic carbocycles. The minimum absolute atomic E-state index is 0.0548. The number of benzene rings is 2. The van der Waals surface area contributed by atoms with Crippen LogP contribution in [0.25, 0.3) is 21.3 Å². The summed E-state index contributed by atoms with van der Waals surface area (Å²) in [6.07, 6.45) is 1.73. The normalized spacial score (nSPS) is 10.8. The molecule has 0 saturated heterocycles. The molecule has 3 N–H and O–H groups in total. The summed E-state index contributed by atoms with van der Waals surface area (Å²) in [6, 6.07) is 13.7. The van der Waals surface area contributed by atoms with Crippen molar-refractivity contribution in [2.24, 2.45) is 5.73 Å². The van der Waals surface area contributed by atoms with Crippen molar-refractivity contribution in [2.75, 3.05) is 5.32 Å². The van der Waals surface area contributed by atoms with Crippen molar-refractivity contribution in [1.82, 2.24) is 14.8 Å². The molecule has 0 unspecified atom stereocenters. The van der Waals surface area contributed by atoms with Gasteiger partial charge in [-0.3, -0.25) is 14.4 Å². The van der Waals surface area contributed by atoms with Crippen molar-refractivity contribution in [1.29, 1.82) is 0 Å². The summed E-state index contributed by atoms with van der Waals surface area (Å²) in [4.78, 5) is 41.0. The predicted octanol–water partition coefficient (Wildman–Crippen LogP) is 2.26. The zero-order valence-corrected chi connectivity index (χ0v) is 15.8. The monoisotopic (exact) mass is 405 g/mol. The molecule has 0 saturated carbocycles. The van der Waals surface area contributed by atoms with Crippen LogP contribution in [-0.2, 0) is 11.3 Å². The first-order valence-electron chi connectivity index (χ1n) is 8.62. The first kappa shape index (κ1) is 18.5. The zero-order chi connectivity index (χ0) is 20.4. The highest BCUT2D eigenvalue weighted by Gasteiger charge is 2.16. The number of nitrogens with zero attached hydrogens (tertiary/aromatic N) is 3. The fourth-order valence-corrected chi connectivity index (χ4v) is 3.57. The Hall–Kier alpha value is -3.85. The lowest BCUT2D eigenvalue weighted by Gasteiger charge is -2.10. The highest BCUT2D eigenvalue weighted by Crippen LogP contribution is 2.23. The smallest absolute Gasteiger partial charge is 0.275 e. The number of amides is 2. The average Bonchev–Trinajstić information content (AvgIpc) is 3.25. The van der Waals surface area contributed by atoms with Gasteiger partial charge in [0.2, 0.25) is 5.91 Å². The zero-order valence-electron chi connectivity index (χ0n) is 15.0. The number of primary amides is 1. The molecule has 0 atom stereocenters. The number of hydrogen-bond donors (Lipinski definition) is 2. The number of rotatable bonds is 5. The first-order chi connectivity index (χ1) is 14.0. The number of nitrogens with one attached hydrogen (secondary N) is 1. The number of nitrogens with two attached hydrogens (primary N) is 1. The Labute approximate surface area is 168 Å². The van der Waals surface area contributed by atoms with Crippen molar-refractivity contribution in [3.8, 4) is 10.6 Å². The summed E-state index contributed by atoms with van der Waals surface area (Å²) in [5.74, 6) is -1.22. The van der Waals surface area contributed by atoms with E-state index in [4.69, 9.17) is 5.73 Å². The third kappa shape index (κ3) is 3.76. The second kappa shape index (κ2) is 7.64. The second-order valence-corrected chi connectivity index (χ2v) is 7.08. The van der Waals surface area contributed by atoms with Crippen LogP contribution in [0, 0.1) is 0 Å². The molecule has 4 aromatic rings. The van der Waals surface area contributed by atoms with Gasteiger partial charge in [0, 0.05) is 28.2 Å². The summed E-state index contributed by atoms with van der Waals surface area (Å²) < 4.78 is 0.946. The van der Waals surface area contributed by atoms with Gasteiger partial charge in [-0.05, 0) is 30.3 Å². The van der Waals surface area contributed by atoms with E-state index >= 15 is 0 Å². The van der Waals surface area contributed by atoms with Crippen LogP contribution in [0.5, 0.6) is 0 Å². The lowest BCUT2D eigenvalue weighted by atomic mass is 10.1. The standard InChI is InChI=1S/C20H15N5O3S/c21-18(27)17-14-3-1-2-4-15(14)20(28)25(24-17)11-16(26)23-13-7-5-12(6-8-13)19-22-9-10-29-19/h1-10H,11H2,(H2,21,27)(H,23,26). The van der Waals surface area contributed by atoms with Gasteiger partial charge in [-0.25, -0.2) is 9.67 Å². The van der Waals surface area contributed by atoms with Crippen LogP contribution in [0.15, 0.2) is 64.9 Å². The van der Waals surface area contributed by atoms with Gasteiger partial charge in [-0.15, -0.1) is 11.3 Å². The van der Waals surface area contributed by atoms with Crippen molar-refractivity contribution >= 4 is 39.6 Å². The van der Waals surface area contributed by atoms with Crippen molar-refractivity contribution in [2.45, 2.75) is 6.54 Å². The molecule has 2 amide bonds. The summed E-state index contributed by atoms with van der Waals surface area (Å²) in [7, 11) is 0. The summed E-state index contributed by atoms with van der Waals surface area (Å²) >= 11 is 1.52. The Morgan fingerprint density at radius 1 is 1.07 bits per heavy atom. The minimum Gasteiger partial charge on any atom is -0.364 e. The molecule has 8 nitrogen and oxygen atoms in total. The Morgan fingerprint density at radius 2 is 1.79 bits per heavy atom. The number of aromatic nitrogens is 3. The molecule has 2 aromatic heterocycles. The molecule has 0 radical (unpaired) electrons. The van der Waals surface area contributed by atoms with E-state index in [1.54, 1.807) is 42.6 Å². The quantitative estimate of drug-likeness (QED) is 0.528. The number of hydrogen-bond acceptors (Lipinski definition) is 6. The molecular weight excluding hydrogens is 390 g/mol. The lowest BCUT2D eigenvalue weighted by molar-refractivity contribution is -0.117. The molecule has 4 rings (SSSR count). The number of carbonyl (C=O) groups is 2. The van der Waals surface area contributed by atoms with E-state index in [0.717, 1.165) is 15.3 Å². The SMILES string of the molecule is NC(=O)c1nn(CC(=O)Nc2ccc(-c3nccs3)cc2)c(=O)c2ccccc12. The van der Waals surface area contributed by atoms with E-state index in [9.17, 15) is 14.4 Å². The van der Waals surface area contributed by atoms with E-state index in [1.807, 2.05) is 17.5 Å². The molecule has 0 spiro atoms. The van der Waals surface area contributed by atoms with E-state index in [-0.39, 0.29) is 17.6 Å². The largest absolute Gasteiger partial charge is 0.364 e. The van der Waals surface area contributed by atoms with Gasteiger partial charge in [-0.1, -0.05) is 18.2 Å². The summed E-state index contributed by atoms with van der Waals surface area (Å²) in [5, 5.41) is 10.1. The van der Waals surface area contributed by atoms with E-state index in [1.165, 1.54) is 11.3 Å². The second-order valence-electron chi connectivity index (χ2n) is 6.18. The van der Waals surface area contributed by atoms with Crippen molar-refractivity contribution < 1.29 is 9.59 Å². The molecular formula is C20H15N5O3S. The predicted molar refractivity (Wildman–Crippen MR) is 111 cm³/mol. The van der Waals surface area contributed by atoms with Crippen LogP contribution < -0.4 is 16.6 Å². The van der Waals surface area contributed by atoms with Gasteiger partial charge in [0.1, 0.15) is 11.6 Å². The van der Waals surface area contributed by atoms with Gasteiger partial charge in [-0.2, -0.15) is 5.10 Å². The molecule has 0 fully saturated rings. The van der Waals surface area contributed by atoms with Crippen LogP contribution in [-0.4, -0.2) is 26.6 Å². The minimum atomic E-state index is -0.770. The molecule has 0 aliphatic heterocycles. The maximum atomic E-state index is 12.6. The maximum absolute atomic E-state index is 12.6. The fourth-order valence-electron chi connectivity index (χ4n) is 2.92. The third-order valence-electron chi connectivity index (χ3n) is 4.24. The molecule has 29 heavy (non-hydrogen) atoms. The van der Waals surface area contributed by atoms with Gasteiger partial charge in [0.25, 0.3) is 11.5 Å². The highest BCUT2D eigenvalue weighted by atomic mass is 32.1. The Balaban J connectivity index is 1.57. The number of thiazole rings is 1. The molecule has 2 heterocycles. The van der Waals surface area contributed by atoms with Crippen LogP contribution in [0.2, 0.25) is 0 Å². The van der Waals surface area contributed by atoms with Crippen LogP contribution in [0.1, 0.15) is 10.5 Å². The average molecular weight is 405 g/mol. The number of fused-ring (bicyclic) bond motifs is 1. The van der Waals surface area contributed by atoms with Crippen molar-refractivity contribution in [3.63, 3.8) is 0 Å². The highest BCUT2D eigenvalue weighted by molar-refractivity contribution is 7.13. The Morgan fingerprint density at radius 3 is 2.45 bits per heavy atom. The lowest BCUT2D eigenvalue weighted by Crippen LogP contribution is -2.32. The summed E-state index contributed by atoms with van der Waals surface area (Å²) in [5.41, 5.74) is 6.37. The number of anilines is 1. The number of carbonyl (C=O) groups excluding carboxylic acids is 2. The van der Waals surface area contributed by atoms with Crippen LogP contribution >= 0.6 is 11.3 Å². The van der Waals surface area contributed by atoms with Crippen LogP contribution in [0.4, 0.5) is 5.69 Å². The third-order valence-corrected chi connectivity index (χ3v) is 5.06. The Kier molecular flexibility index (Phi) is 4.88. The topological polar surface area (TPSA) is 120 Å². The van der Waals surface area contributed by atoms with Gasteiger partial charge >= 0.3 is 0 Å². The molecule has 0 bridgehead atoms.